The Labute approximate surface area is 79.1 Å². The van der Waals surface area contributed by atoms with Crippen molar-refractivity contribution < 1.29 is 4.79 Å². The Balaban J connectivity index is 1.76. The summed E-state index contributed by atoms with van der Waals surface area (Å²) in [5.41, 5.74) is 5.96. The van der Waals surface area contributed by atoms with Gasteiger partial charge in [0.2, 0.25) is 5.91 Å². The fourth-order valence-corrected chi connectivity index (χ4v) is 2.01. The van der Waals surface area contributed by atoms with Crippen molar-refractivity contribution in [2.75, 3.05) is 6.54 Å². The van der Waals surface area contributed by atoms with E-state index >= 15 is 0 Å². The number of hydrogen-bond acceptors (Lipinski definition) is 2. The lowest BCUT2D eigenvalue weighted by molar-refractivity contribution is -0.122. The van der Waals surface area contributed by atoms with Crippen LogP contribution in [0.5, 0.6) is 0 Å². The van der Waals surface area contributed by atoms with Crippen molar-refractivity contribution in [3.63, 3.8) is 0 Å². The van der Waals surface area contributed by atoms with Crippen LogP contribution in [0.15, 0.2) is 0 Å². The molecule has 3 heteroatoms. The lowest BCUT2D eigenvalue weighted by Gasteiger charge is -2.15. The molecule has 0 aromatic rings. The summed E-state index contributed by atoms with van der Waals surface area (Å²) in [6.45, 7) is 2.59. The first-order chi connectivity index (χ1) is 6.14. The Morgan fingerprint density at radius 2 is 2.23 bits per heavy atom. The van der Waals surface area contributed by atoms with E-state index < -0.39 is 0 Å². The number of nitrogens with one attached hydrogen (secondary N) is 1. The van der Waals surface area contributed by atoms with Crippen LogP contribution in [0.3, 0.4) is 0 Å². The van der Waals surface area contributed by atoms with Crippen LogP contribution < -0.4 is 11.1 Å². The van der Waals surface area contributed by atoms with Gasteiger partial charge >= 0.3 is 0 Å². The van der Waals surface area contributed by atoms with Gasteiger partial charge in [0.1, 0.15) is 0 Å². The molecule has 1 atom stereocenters. The summed E-state index contributed by atoms with van der Waals surface area (Å²) in [6.07, 6.45) is 5.34. The molecule has 0 unspecified atom stereocenters. The molecule has 2 saturated carbocycles. The normalized spacial score (nSPS) is 26.6. The van der Waals surface area contributed by atoms with Crippen molar-refractivity contribution in [3.05, 3.63) is 0 Å². The first-order valence-electron chi connectivity index (χ1n) is 5.17. The van der Waals surface area contributed by atoms with Gasteiger partial charge in [0.25, 0.3) is 0 Å². The molecule has 2 aliphatic carbocycles. The van der Waals surface area contributed by atoms with E-state index in [1.54, 1.807) is 6.92 Å². The van der Waals surface area contributed by atoms with Gasteiger partial charge in [-0.1, -0.05) is 0 Å². The molecule has 2 rings (SSSR count). The summed E-state index contributed by atoms with van der Waals surface area (Å²) in [5.74, 6) is 0.896. The third kappa shape index (κ3) is 1.85. The fraction of sp³-hybridized carbons (Fsp3) is 0.900. The van der Waals surface area contributed by atoms with Gasteiger partial charge in [0.05, 0.1) is 6.04 Å². The average molecular weight is 182 g/mol. The molecule has 3 nitrogen and oxygen atoms in total. The standard InChI is InChI=1S/C10H18N2O/c1-7(11)9(13)12-6-10(4-5-10)8-2-3-8/h7-8H,2-6,11H2,1H3,(H,12,13)/t7-/m1/s1. The maximum Gasteiger partial charge on any atom is 0.236 e. The quantitative estimate of drug-likeness (QED) is 0.670. The molecular formula is C10H18N2O. The van der Waals surface area contributed by atoms with Gasteiger partial charge in [0, 0.05) is 6.54 Å². The second kappa shape index (κ2) is 2.98. The zero-order chi connectivity index (χ0) is 9.47. The molecule has 0 saturated heterocycles. The topological polar surface area (TPSA) is 55.1 Å². The fourth-order valence-electron chi connectivity index (χ4n) is 2.01. The first-order valence-corrected chi connectivity index (χ1v) is 5.17. The summed E-state index contributed by atoms with van der Waals surface area (Å²) in [5, 5.41) is 2.94. The molecule has 0 aliphatic heterocycles. The molecule has 0 bridgehead atoms. The van der Waals surface area contributed by atoms with Gasteiger partial charge in [-0.05, 0) is 43.9 Å². The van der Waals surface area contributed by atoms with E-state index in [1.165, 1.54) is 25.7 Å². The zero-order valence-corrected chi connectivity index (χ0v) is 8.18. The van der Waals surface area contributed by atoms with Crippen molar-refractivity contribution in [2.45, 2.75) is 38.6 Å². The van der Waals surface area contributed by atoms with Crippen LogP contribution in [0.25, 0.3) is 0 Å². The van der Waals surface area contributed by atoms with Crippen LogP contribution in [-0.2, 0) is 4.79 Å². The van der Waals surface area contributed by atoms with E-state index in [9.17, 15) is 4.79 Å². The largest absolute Gasteiger partial charge is 0.354 e. The van der Waals surface area contributed by atoms with E-state index in [-0.39, 0.29) is 11.9 Å². The summed E-state index contributed by atoms with van der Waals surface area (Å²) >= 11 is 0. The zero-order valence-electron chi connectivity index (χ0n) is 8.18. The van der Waals surface area contributed by atoms with E-state index in [0.717, 1.165) is 12.5 Å². The number of hydrogen-bond donors (Lipinski definition) is 2. The van der Waals surface area contributed by atoms with Gasteiger partial charge in [-0.2, -0.15) is 0 Å². The molecule has 3 N–H and O–H groups in total. The Hall–Kier alpha value is -0.570. The van der Waals surface area contributed by atoms with Crippen LogP contribution in [0.2, 0.25) is 0 Å². The number of amides is 1. The maximum atomic E-state index is 11.2. The van der Waals surface area contributed by atoms with Gasteiger partial charge in [-0.25, -0.2) is 0 Å². The van der Waals surface area contributed by atoms with Crippen molar-refractivity contribution in [1.82, 2.24) is 5.32 Å². The van der Waals surface area contributed by atoms with Crippen LogP contribution in [0.1, 0.15) is 32.6 Å². The highest BCUT2D eigenvalue weighted by molar-refractivity contribution is 5.81. The average Bonchev–Trinajstić information content (AvgIpc) is 2.90. The molecule has 0 aromatic carbocycles. The van der Waals surface area contributed by atoms with Crippen LogP contribution in [-0.4, -0.2) is 18.5 Å². The predicted molar refractivity (Wildman–Crippen MR) is 51.1 cm³/mol. The van der Waals surface area contributed by atoms with Crippen molar-refractivity contribution in [1.29, 1.82) is 0 Å². The second-order valence-electron chi connectivity index (χ2n) is 4.64. The number of nitrogens with two attached hydrogens (primary N) is 1. The van der Waals surface area contributed by atoms with Crippen molar-refractivity contribution in [3.8, 4) is 0 Å². The molecule has 0 radical (unpaired) electrons. The Morgan fingerprint density at radius 3 is 2.62 bits per heavy atom. The first kappa shape index (κ1) is 9.00. The molecule has 0 aromatic heterocycles. The highest BCUT2D eigenvalue weighted by Gasteiger charge is 2.53. The van der Waals surface area contributed by atoms with Crippen molar-refractivity contribution in [2.24, 2.45) is 17.1 Å². The Kier molecular flexibility index (Phi) is 2.06. The van der Waals surface area contributed by atoms with Crippen LogP contribution in [0, 0.1) is 11.3 Å². The molecule has 74 valence electrons. The summed E-state index contributed by atoms with van der Waals surface area (Å²) in [6, 6.07) is -0.366. The van der Waals surface area contributed by atoms with Gasteiger partial charge in [0.15, 0.2) is 0 Å². The monoisotopic (exact) mass is 182 g/mol. The van der Waals surface area contributed by atoms with Crippen molar-refractivity contribution >= 4 is 5.91 Å². The molecule has 2 fully saturated rings. The van der Waals surface area contributed by atoms with E-state index in [4.69, 9.17) is 5.73 Å². The number of carbonyl (C=O) groups is 1. The molecule has 0 heterocycles. The second-order valence-corrected chi connectivity index (χ2v) is 4.64. The minimum Gasteiger partial charge on any atom is -0.354 e. The van der Waals surface area contributed by atoms with E-state index in [2.05, 4.69) is 5.32 Å². The third-order valence-electron chi connectivity index (χ3n) is 3.36. The molecule has 2 aliphatic rings. The molecule has 0 spiro atoms. The Morgan fingerprint density at radius 1 is 1.62 bits per heavy atom. The van der Waals surface area contributed by atoms with E-state index in [0.29, 0.717) is 5.41 Å². The number of carbonyl (C=O) groups excluding carboxylic acids is 1. The minimum atomic E-state index is -0.366. The molecular weight excluding hydrogens is 164 g/mol. The lowest BCUT2D eigenvalue weighted by atomic mass is 10.0. The van der Waals surface area contributed by atoms with Gasteiger partial charge < -0.3 is 11.1 Å². The highest BCUT2D eigenvalue weighted by atomic mass is 16.2. The maximum absolute atomic E-state index is 11.2. The SMILES string of the molecule is C[C@@H](N)C(=O)NCC1(C2CC2)CC1. The highest BCUT2D eigenvalue weighted by Crippen LogP contribution is 2.60. The van der Waals surface area contributed by atoms with Crippen LogP contribution >= 0.6 is 0 Å². The summed E-state index contributed by atoms with van der Waals surface area (Å²) in [4.78, 5) is 11.2. The molecule has 1 amide bonds. The Bertz CT molecular complexity index is 217. The minimum absolute atomic E-state index is 0.00748. The van der Waals surface area contributed by atoms with Gasteiger partial charge in [-0.15, -0.1) is 0 Å². The lowest BCUT2D eigenvalue weighted by Crippen LogP contribution is -2.41. The molecule has 13 heavy (non-hydrogen) atoms. The summed E-state index contributed by atoms with van der Waals surface area (Å²) in [7, 11) is 0. The van der Waals surface area contributed by atoms with E-state index in [1.807, 2.05) is 0 Å². The predicted octanol–water partition coefficient (Wildman–Crippen LogP) is 0.640. The van der Waals surface area contributed by atoms with Gasteiger partial charge in [-0.3, -0.25) is 4.79 Å². The van der Waals surface area contributed by atoms with Crippen LogP contribution in [0.4, 0.5) is 0 Å². The third-order valence-corrected chi connectivity index (χ3v) is 3.36. The smallest absolute Gasteiger partial charge is 0.236 e. The number of rotatable bonds is 4. The summed E-state index contributed by atoms with van der Waals surface area (Å²) < 4.78 is 0.